The summed E-state index contributed by atoms with van der Waals surface area (Å²) in [6.45, 7) is 4.82. The Bertz CT molecular complexity index is 869. The molecule has 0 bridgehead atoms. The van der Waals surface area contributed by atoms with Gasteiger partial charge in [-0.1, -0.05) is 12.1 Å². The van der Waals surface area contributed by atoms with Crippen LogP contribution in [-0.2, 0) is 11.3 Å². The van der Waals surface area contributed by atoms with Crippen molar-refractivity contribution in [2.75, 3.05) is 14.2 Å². The number of methoxy groups -OCH3 is 2. The Hall–Kier alpha value is -3.02. The van der Waals surface area contributed by atoms with E-state index in [4.69, 9.17) is 19.3 Å². The van der Waals surface area contributed by atoms with E-state index in [2.05, 4.69) is 18.9 Å². The number of hydrogen-bond donors (Lipinski definition) is 0. The molecule has 3 rings (SSSR count). The van der Waals surface area contributed by atoms with Gasteiger partial charge in [0, 0.05) is 12.1 Å². The maximum Gasteiger partial charge on any atom is 0.337 e. The Balaban J connectivity index is 1.65. The molecule has 0 amide bonds. The minimum absolute atomic E-state index is 0.352. The van der Waals surface area contributed by atoms with Crippen LogP contribution in [0, 0.1) is 0 Å². The first-order valence-corrected chi connectivity index (χ1v) is 10.3. The molecule has 2 aromatic rings. The Labute approximate surface area is 178 Å². The summed E-state index contributed by atoms with van der Waals surface area (Å²) in [5, 5.41) is 6.91. The molecule has 6 nitrogen and oxygen atoms in total. The lowest BCUT2D eigenvalue weighted by Crippen LogP contribution is -2.39. The summed E-state index contributed by atoms with van der Waals surface area (Å²) in [6.07, 6.45) is 5.51. The maximum absolute atomic E-state index is 11.5. The Morgan fingerprint density at radius 1 is 1.07 bits per heavy atom. The molecule has 1 aliphatic rings. The van der Waals surface area contributed by atoms with Crippen LogP contribution in [-0.4, -0.2) is 43.5 Å². The lowest BCUT2D eigenvalue weighted by Gasteiger charge is -2.36. The van der Waals surface area contributed by atoms with Crippen LogP contribution in [0.15, 0.2) is 47.6 Å². The molecule has 0 spiro atoms. The Kier molecular flexibility index (Phi) is 7.33. The number of esters is 1. The summed E-state index contributed by atoms with van der Waals surface area (Å²) in [7, 11) is 3.00. The van der Waals surface area contributed by atoms with Gasteiger partial charge in [0.05, 0.1) is 26.0 Å². The SMILES string of the molecule is COC(=O)c1ccc(COc2ccc(C=NN3C(C)CCCC3C)cc2OC)cc1. The first-order valence-electron chi connectivity index (χ1n) is 10.3. The fourth-order valence-corrected chi connectivity index (χ4v) is 3.67. The first-order chi connectivity index (χ1) is 14.5. The predicted octanol–water partition coefficient (Wildman–Crippen LogP) is 4.66. The van der Waals surface area contributed by atoms with Gasteiger partial charge in [-0.25, -0.2) is 4.79 Å². The molecule has 2 atom stereocenters. The number of piperidine rings is 1. The van der Waals surface area contributed by atoms with Gasteiger partial charge in [0.15, 0.2) is 11.5 Å². The minimum atomic E-state index is -0.352. The van der Waals surface area contributed by atoms with Gasteiger partial charge < -0.3 is 14.2 Å². The van der Waals surface area contributed by atoms with Crippen molar-refractivity contribution in [2.45, 2.75) is 51.8 Å². The third-order valence-electron chi connectivity index (χ3n) is 5.44. The van der Waals surface area contributed by atoms with Crippen LogP contribution in [0.4, 0.5) is 0 Å². The number of hydrogen-bond acceptors (Lipinski definition) is 6. The zero-order chi connectivity index (χ0) is 21.5. The van der Waals surface area contributed by atoms with Crippen molar-refractivity contribution < 1.29 is 19.0 Å². The third kappa shape index (κ3) is 5.32. The summed E-state index contributed by atoms with van der Waals surface area (Å²) in [5.74, 6) is 0.964. The van der Waals surface area contributed by atoms with E-state index in [0.29, 0.717) is 35.8 Å². The van der Waals surface area contributed by atoms with E-state index in [0.717, 1.165) is 11.1 Å². The van der Waals surface area contributed by atoms with Gasteiger partial charge in [0.2, 0.25) is 0 Å². The normalized spacial score (nSPS) is 19.0. The average Bonchev–Trinajstić information content (AvgIpc) is 2.77. The van der Waals surface area contributed by atoms with Crippen molar-refractivity contribution in [2.24, 2.45) is 5.10 Å². The second kappa shape index (κ2) is 10.1. The average molecular weight is 411 g/mol. The van der Waals surface area contributed by atoms with Gasteiger partial charge in [-0.05, 0) is 74.6 Å². The summed E-state index contributed by atoms with van der Waals surface area (Å²) >= 11 is 0. The van der Waals surface area contributed by atoms with Crippen molar-refractivity contribution in [1.82, 2.24) is 5.01 Å². The number of nitrogens with zero attached hydrogens (tertiary/aromatic N) is 2. The maximum atomic E-state index is 11.5. The highest BCUT2D eigenvalue weighted by atomic mass is 16.5. The van der Waals surface area contributed by atoms with Crippen LogP contribution in [0.1, 0.15) is 54.6 Å². The zero-order valence-electron chi connectivity index (χ0n) is 18.1. The molecule has 0 aliphatic carbocycles. The van der Waals surface area contributed by atoms with Crippen molar-refractivity contribution in [3.05, 3.63) is 59.2 Å². The van der Waals surface area contributed by atoms with E-state index in [1.165, 1.54) is 26.4 Å². The number of carbonyl (C=O) groups excluding carboxylic acids is 1. The standard InChI is InChI=1S/C24H30N2O4/c1-17-6-5-7-18(2)26(17)25-15-20-10-13-22(23(14-20)28-3)30-16-19-8-11-21(12-9-19)24(27)29-4/h8-15,17-18H,5-7,16H2,1-4H3. The van der Waals surface area contributed by atoms with E-state index < -0.39 is 0 Å². The van der Waals surface area contributed by atoms with E-state index in [-0.39, 0.29) is 5.97 Å². The molecule has 2 unspecified atom stereocenters. The quantitative estimate of drug-likeness (QED) is 0.491. The molecule has 1 fully saturated rings. The minimum Gasteiger partial charge on any atom is -0.493 e. The zero-order valence-corrected chi connectivity index (χ0v) is 18.1. The van der Waals surface area contributed by atoms with Crippen molar-refractivity contribution >= 4 is 12.2 Å². The number of carbonyl (C=O) groups is 1. The predicted molar refractivity (Wildman–Crippen MR) is 117 cm³/mol. The number of ether oxygens (including phenoxy) is 3. The summed E-state index contributed by atoms with van der Waals surface area (Å²) in [4.78, 5) is 11.5. The second-order valence-corrected chi connectivity index (χ2v) is 7.64. The molecule has 0 radical (unpaired) electrons. The number of rotatable bonds is 7. The molecule has 160 valence electrons. The van der Waals surface area contributed by atoms with E-state index in [9.17, 15) is 4.79 Å². The van der Waals surface area contributed by atoms with Gasteiger partial charge >= 0.3 is 5.97 Å². The highest BCUT2D eigenvalue weighted by Gasteiger charge is 2.22. The topological polar surface area (TPSA) is 60.4 Å². The largest absolute Gasteiger partial charge is 0.493 e. The van der Waals surface area contributed by atoms with Gasteiger partial charge in [0.1, 0.15) is 6.61 Å². The molecular weight excluding hydrogens is 380 g/mol. The lowest BCUT2D eigenvalue weighted by molar-refractivity contribution is 0.0600. The molecular formula is C24H30N2O4. The van der Waals surface area contributed by atoms with E-state index in [1.54, 1.807) is 19.2 Å². The van der Waals surface area contributed by atoms with Crippen LogP contribution in [0.2, 0.25) is 0 Å². The summed E-state index contributed by atoms with van der Waals surface area (Å²) in [5.41, 5.74) is 2.43. The van der Waals surface area contributed by atoms with Gasteiger partial charge in [-0.15, -0.1) is 0 Å². The van der Waals surface area contributed by atoms with Crippen LogP contribution in [0.5, 0.6) is 11.5 Å². The van der Waals surface area contributed by atoms with Crippen LogP contribution < -0.4 is 9.47 Å². The van der Waals surface area contributed by atoms with Crippen molar-refractivity contribution in [1.29, 1.82) is 0 Å². The molecule has 1 aliphatic heterocycles. The molecule has 0 aromatic heterocycles. The molecule has 1 heterocycles. The lowest BCUT2D eigenvalue weighted by atomic mass is 10.00. The summed E-state index contributed by atoms with van der Waals surface area (Å²) < 4.78 is 16.2. The molecule has 30 heavy (non-hydrogen) atoms. The molecule has 1 saturated heterocycles. The van der Waals surface area contributed by atoms with Crippen LogP contribution in [0.25, 0.3) is 0 Å². The van der Waals surface area contributed by atoms with Crippen molar-refractivity contribution in [3.63, 3.8) is 0 Å². The fraction of sp³-hybridized carbons (Fsp3) is 0.417. The fourth-order valence-electron chi connectivity index (χ4n) is 3.67. The second-order valence-electron chi connectivity index (χ2n) is 7.64. The van der Waals surface area contributed by atoms with Crippen LogP contribution >= 0.6 is 0 Å². The smallest absolute Gasteiger partial charge is 0.337 e. The highest BCUT2D eigenvalue weighted by Crippen LogP contribution is 2.29. The monoisotopic (exact) mass is 410 g/mol. The van der Waals surface area contributed by atoms with Crippen LogP contribution in [0.3, 0.4) is 0 Å². The number of benzene rings is 2. The molecule has 2 aromatic carbocycles. The van der Waals surface area contributed by atoms with Gasteiger partial charge in [0.25, 0.3) is 0 Å². The molecule has 0 saturated carbocycles. The van der Waals surface area contributed by atoms with Crippen molar-refractivity contribution in [3.8, 4) is 11.5 Å². The number of hydrazone groups is 1. The summed E-state index contributed by atoms with van der Waals surface area (Å²) in [6, 6.07) is 13.9. The van der Waals surface area contributed by atoms with Gasteiger partial charge in [-0.2, -0.15) is 5.10 Å². The van der Waals surface area contributed by atoms with Gasteiger partial charge in [-0.3, -0.25) is 5.01 Å². The Morgan fingerprint density at radius 2 is 1.77 bits per heavy atom. The van der Waals surface area contributed by atoms with E-state index in [1.807, 2.05) is 36.5 Å². The molecule has 0 N–H and O–H groups in total. The molecule has 6 heteroatoms. The van der Waals surface area contributed by atoms with E-state index >= 15 is 0 Å². The Morgan fingerprint density at radius 3 is 2.40 bits per heavy atom. The third-order valence-corrected chi connectivity index (χ3v) is 5.44. The highest BCUT2D eigenvalue weighted by molar-refractivity contribution is 5.89. The first kappa shape index (κ1) is 21.7.